The largest absolute Gasteiger partial charge is 0.490 e. The molecule has 1 fully saturated rings. The van der Waals surface area contributed by atoms with Crippen LogP contribution < -0.4 is 21.7 Å². The Morgan fingerprint density at radius 2 is 1.64 bits per heavy atom. The Hall–Kier alpha value is -4.82. The second-order valence-electron chi connectivity index (χ2n) is 11.3. The van der Waals surface area contributed by atoms with E-state index in [2.05, 4.69) is 20.9 Å². The van der Waals surface area contributed by atoms with E-state index in [-0.39, 0.29) is 11.9 Å². The van der Waals surface area contributed by atoms with Crippen molar-refractivity contribution in [3.8, 4) is 0 Å². The highest BCUT2D eigenvalue weighted by Crippen LogP contribution is 2.33. The molecule has 3 heterocycles. The Balaban J connectivity index is 0.000000521. The second kappa shape index (κ2) is 17.2. The fraction of sp³-hybridized carbons (Fsp3) is 0.400. The maximum absolute atomic E-state index is 13.3. The number of halogens is 6. The third-order valence-corrected chi connectivity index (χ3v) is 7.71. The Morgan fingerprint density at radius 1 is 1.06 bits per heavy atom. The lowest BCUT2D eigenvalue weighted by atomic mass is 9.82. The summed E-state index contributed by atoms with van der Waals surface area (Å²) < 4.78 is 65.2. The van der Waals surface area contributed by atoms with Gasteiger partial charge in [0.05, 0.1) is 11.9 Å². The lowest BCUT2D eigenvalue weighted by Gasteiger charge is -2.36. The predicted octanol–water partition coefficient (Wildman–Crippen LogP) is 3.31. The van der Waals surface area contributed by atoms with Gasteiger partial charge in [-0.05, 0) is 61.2 Å². The van der Waals surface area contributed by atoms with Crippen LogP contribution in [0.25, 0.3) is 0 Å². The minimum Gasteiger partial charge on any atom is -0.475 e. The first kappa shape index (κ1) is 41.4. The van der Waals surface area contributed by atoms with E-state index in [0.29, 0.717) is 6.42 Å². The number of anilines is 1. The van der Waals surface area contributed by atoms with E-state index < -0.39 is 53.2 Å². The number of aromatic nitrogens is 2. The van der Waals surface area contributed by atoms with Crippen LogP contribution in [-0.4, -0.2) is 86.3 Å². The molecule has 274 valence electrons. The fourth-order valence-corrected chi connectivity index (χ4v) is 5.19. The molecule has 4 rings (SSSR count). The zero-order valence-electron chi connectivity index (χ0n) is 26.4. The molecule has 3 aromatic rings. The molecule has 20 heteroatoms. The van der Waals surface area contributed by atoms with Crippen molar-refractivity contribution in [3.63, 3.8) is 0 Å². The number of alkyl halides is 6. The zero-order chi connectivity index (χ0) is 37.9. The maximum Gasteiger partial charge on any atom is 0.490 e. The van der Waals surface area contributed by atoms with Gasteiger partial charge in [0.15, 0.2) is 12.1 Å². The Morgan fingerprint density at radius 3 is 2.08 bits per heavy atom. The molecule has 0 spiro atoms. The van der Waals surface area contributed by atoms with Crippen LogP contribution in [0.1, 0.15) is 37.8 Å². The van der Waals surface area contributed by atoms with E-state index >= 15 is 0 Å². The Bertz CT molecular complexity index is 1560. The molecular formula is C30H34F6N6O7S. The number of benzene rings is 1. The highest BCUT2D eigenvalue weighted by atomic mass is 32.1. The average molecular weight is 737 g/mol. The van der Waals surface area contributed by atoms with Gasteiger partial charge in [-0.15, -0.1) is 0 Å². The number of carbonyl (C=O) groups excluding carboxylic acids is 3. The molecular weight excluding hydrogens is 702 g/mol. The molecule has 13 nitrogen and oxygen atoms in total. The van der Waals surface area contributed by atoms with Gasteiger partial charge in [-0.2, -0.15) is 37.7 Å². The molecule has 1 aromatic carbocycles. The van der Waals surface area contributed by atoms with Crippen LogP contribution in [0.3, 0.4) is 0 Å². The van der Waals surface area contributed by atoms with Gasteiger partial charge >= 0.3 is 24.3 Å². The number of carbonyl (C=O) groups is 5. The van der Waals surface area contributed by atoms with Gasteiger partial charge in [0.2, 0.25) is 11.8 Å². The van der Waals surface area contributed by atoms with E-state index in [1.807, 2.05) is 47.2 Å². The average Bonchev–Trinajstić information content (AvgIpc) is 3.82. The monoisotopic (exact) mass is 736 g/mol. The van der Waals surface area contributed by atoms with Crippen molar-refractivity contribution in [2.24, 2.45) is 5.73 Å². The number of thiophene rings is 1. The van der Waals surface area contributed by atoms with Crippen LogP contribution in [0.15, 0.2) is 59.7 Å². The van der Waals surface area contributed by atoms with Gasteiger partial charge in [-0.3, -0.25) is 9.59 Å². The van der Waals surface area contributed by atoms with E-state index in [1.165, 1.54) is 11.3 Å². The summed E-state index contributed by atoms with van der Waals surface area (Å²) in [5.41, 5.74) is 5.55. The topological polar surface area (TPSA) is 206 Å². The summed E-state index contributed by atoms with van der Waals surface area (Å²) in [6.07, 6.45) is -3.89. The van der Waals surface area contributed by atoms with Gasteiger partial charge in [0, 0.05) is 18.7 Å². The number of nitrogens with one attached hydrogen (secondary N) is 3. The highest BCUT2D eigenvalue weighted by Gasteiger charge is 2.44. The molecule has 1 aliphatic heterocycles. The summed E-state index contributed by atoms with van der Waals surface area (Å²) in [4.78, 5) is 60.7. The number of aldehydes is 1. The molecule has 0 radical (unpaired) electrons. The summed E-state index contributed by atoms with van der Waals surface area (Å²) >= 11 is 1.52. The molecule has 2 aromatic heterocycles. The number of nitrogens with zero attached hydrogens (tertiary/aromatic N) is 2. The first-order valence-electron chi connectivity index (χ1n) is 14.4. The Labute approximate surface area is 284 Å². The molecule has 2 amide bonds. The molecule has 2 unspecified atom stereocenters. The minimum absolute atomic E-state index is 0.118. The summed E-state index contributed by atoms with van der Waals surface area (Å²) in [5.74, 6) is -6.07. The SMILES string of the molecule is CC(C)(N)C(=O)N[C@H](Cc1ccsc1)C(=O)Nc1cn(C(C=O)(c2ccccc2)C2CCCN2)cn1.O=C(O)C(F)(F)F.O=C(O)C(F)(F)F. The van der Waals surface area contributed by atoms with Crippen molar-refractivity contribution in [1.82, 2.24) is 20.2 Å². The highest BCUT2D eigenvalue weighted by molar-refractivity contribution is 7.07. The van der Waals surface area contributed by atoms with Crippen molar-refractivity contribution in [3.05, 3.63) is 70.8 Å². The van der Waals surface area contributed by atoms with Crippen LogP contribution in [-0.2, 0) is 35.9 Å². The minimum atomic E-state index is -5.08. The number of hydrogen-bond donors (Lipinski definition) is 6. The number of rotatable bonds is 10. The Kier molecular flexibility index (Phi) is 14.2. The van der Waals surface area contributed by atoms with Crippen LogP contribution in [0.5, 0.6) is 0 Å². The van der Waals surface area contributed by atoms with E-state index in [4.69, 9.17) is 25.5 Å². The summed E-state index contributed by atoms with van der Waals surface area (Å²) in [5, 5.41) is 27.1. The van der Waals surface area contributed by atoms with E-state index in [0.717, 1.165) is 36.8 Å². The molecule has 0 aliphatic carbocycles. The van der Waals surface area contributed by atoms with Crippen molar-refractivity contribution >= 4 is 47.2 Å². The smallest absolute Gasteiger partial charge is 0.475 e. The van der Waals surface area contributed by atoms with Crippen LogP contribution >= 0.6 is 11.3 Å². The number of aliphatic carboxylic acids is 2. The van der Waals surface area contributed by atoms with Crippen molar-refractivity contribution in [2.75, 3.05) is 11.9 Å². The van der Waals surface area contributed by atoms with Crippen molar-refractivity contribution in [1.29, 1.82) is 0 Å². The van der Waals surface area contributed by atoms with Crippen molar-refractivity contribution in [2.45, 2.75) is 68.6 Å². The van der Waals surface area contributed by atoms with Gasteiger partial charge in [-0.1, -0.05) is 30.3 Å². The van der Waals surface area contributed by atoms with Crippen molar-refractivity contribution < 1.29 is 60.5 Å². The second-order valence-corrected chi connectivity index (χ2v) is 12.1. The lowest BCUT2D eigenvalue weighted by molar-refractivity contribution is -0.193. The number of carboxylic acid groups (broad SMARTS) is 2. The first-order valence-corrected chi connectivity index (χ1v) is 15.4. The molecule has 7 N–H and O–H groups in total. The number of nitrogens with two attached hydrogens (primary N) is 1. The molecule has 1 aliphatic rings. The first-order chi connectivity index (χ1) is 23.1. The van der Waals surface area contributed by atoms with Crippen LogP contribution in [0, 0.1) is 0 Å². The summed E-state index contributed by atoms with van der Waals surface area (Å²) in [6, 6.07) is 10.5. The van der Waals surface area contributed by atoms with Gasteiger partial charge in [-0.25, -0.2) is 14.6 Å². The molecule has 1 saturated heterocycles. The number of hydrogen-bond acceptors (Lipinski definition) is 9. The third kappa shape index (κ3) is 11.7. The van der Waals surface area contributed by atoms with Gasteiger partial charge < -0.3 is 41.3 Å². The summed E-state index contributed by atoms with van der Waals surface area (Å²) in [7, 11) is 0. The molecule has 50 heavy (non-hydrogen) atoms. The zero-order valence-corrected chi connectivity index (χ0v) is 27.2. The molecule has 0 bridgehead atoms. The van der Waals surface area contributed by atoms with Gasteiger partial charge in [0.25, 0.3) is 0 Å². The fourth-order valence-electron chi connectivity index (χ4n) is 4.51. The normalized spacial score (nSPS) is 16.3. The van der Waals surface area contributed by atoms with E-state index in [1.54, 1.807) is 30.9 Å². The maximum atomic E-state index is 13.3. The quantitative estimate of drug-likeness (QED) is 0.132. The number of amides is 2. The lowest BCUT2D eigenvalue weighted by Crippen LogP contribution is -2.55. The number of imidazole rings is 1. The molecule has 3 atom stereocenters. The third-order valence-electron chi connectivity index (χ3n) is 6.98. The standard InChI is InChI=1S/C26H32N6O3S.2C2HF3O2/c1-25(2,27)24(35)30-20(13-18-10-12-36-15-18)23(34)31-22-14-32(17-29-22)26(16-33,21-9-6-11-28-21)19-7-4-3-5-8-19;2*3-2(4,5)1(6)7/h3-5,7-8,10,12,14-17,20-21,28H,6,9,11,13,27H2,1-2H3,(H,30,35)(H,31,34);2*(H,6,7)/t20-,21?,26?;;/m1../s1. The number of carboxylic acids is 2. The van der Waals surface area contributed by atoms with Crippen LogP contribution in [0.4, 0.5) is 32.2 Å². The van der Waals surface area contributed by atoms with E-state index in [9.17, 15) is 40.7 Å². The van der Waals surface area contributed by atoms with Crippen LogP contribution in [0.2, 0.25) is 0 Å². The predicted molar refractivity (Wildman–Crippen MR) is 167 cm³/mol. The van der Waals surface area contributed by atoms with Gasteiger partial charge in [0.1, 0.15) is 11.6 Å². The molecule has 0 saturated carbocycles. The summed E-state index contributed by atoms with van der Waals surface area (Å²) in [6.45, 7) is 4.00.